The van der Waals surface area contributed by atoms with E-state index in [4.69, 9.17) is 0 Å². The fourth-order valence-corrected chi connectivity index (χ4v) is 4.45. The van der Waals surface area contributed by atoms with E-state index in [1.807, 2.05) is 6.07 Å². The van der Waals surface area contributed by atoms with Crippen molar-refractivity contribution in [1.82, 2.24) is 10.2 Å². The molecule has 0 spiro atoms. The van der Waals surface area contributed by atoms with Crippen LogP contribution in [0.5, 0.6) is 0 Å². The number of halogens is 2. The predicted molar refractivity (Wildman–Crippen MR) is 110 cm³/mol. The molecule has 1 aromatic heterocycles. The van der Waals surface area contributed by atoms with Crippen molar-refractivity contribution in [1.29, 1.82) is 0 Å². The number of benzene rings is 1. The Labute approximate surface area is 167 Å². The Kier molecular flexibility index (Phi) is 7.52. The standard InChI is InChI=1S/C24H32F2N2/c1-3-5-17-7-9-18(10-8-17)11-12-19-13-15-21(24(26)23(19)25)22-16-14-20(6-4-2)27-28-22/h13-18H,3-12H2,1-2H3. The average Bonchev–Trinajstić information content (AvgIpc) is 2.71. The highest BCUT2D eigenvalue weighted by molar-refractivity contribution is 5.60. The van der Waals surface area contributed by atoms with Gasteiger partial charge in [-0.05, 0) is 54.9 Å². The molecule has 0 amide bonds. The van der Waals surface area contributed by atoms with Crippen LogP contribution in [0.4, 0.5) is 8.78 Å². The predicted octanol–water partition coefficient (Wildman–Crippen LogP) is 6.91. The molecule has 1 saturated carbocycles. The van der Waals surface area contributed by atoms with Gasteiger partial charge in [-0.15, -0.1) is 0 Å². The lowest BCUT2D eigenvalue weighted by Crippen LogP contribution is -2.15. The fourth-order valence-electron chi connectivity index (χ4n) is 4.45. The molecular weight excluding hydrogens is 354 g/mol. The Hall–Kier alpha value is -1.84. The zero-order valence-electron chi connectivity index (χ0n) is 17.2. The lowest BCUT2D eigenvalue weighted by molar-refractivity contribution is 0.251. The highest BCUT2D eigenvalue weighted by Gasteiger charge is 2.22. The van der Waals surface area contributed by atoms with E-state index in [-0.39, 0.29) is 5.56 Å². The van der Waals surface area contributed by atoms with Crippen molar-refractivity contribution in [2.45, 2.75) is 78.1 Å². The van der Waals surface area contributed by atoms with E-state index in [1.165, 1.54) is 38.5 Å². The summed E-state index contributed by atoms with van der Waals surface area (Å²) in [6, 6.07) is 6.93. The van der Waals surface area contributed by atoms with Crippen LogP contribution in [0.15, 0.2) is 24.3 Å². The summed E-state index contributed by atoms with van der Waals surface area (Å²) in [4.78, 5) is 0. The maximum absolute atomic E-state index is 14.7. The average molecular weight is 387 g/mol. The van der Waals surface area contributed by atoms with E-state index >= 15 is 0 Å². The minimum atomic E-state index is -0.804. The van der Waals surface area contributed by atoms with Crippen molar-refractivity contribution in [2.24, 2.45) is 11.8 Å². The molecule has 1 heterocycles. The van der Waals surface area contributed by atoms with Crippen LogP contribution in [0, 0.1) is 23.5 Å². The van der Waals surface area contributed by atoms with E-state index in [9.17, 15) is 8.78 Å². The van der Waals surface area contributed by atoms with E-state index in [0.717, 1.165) is 30.9 Å². The van der Waals surface area contributed by atoms with Gasteiger partial charge >= 0.3 is 0 Å². The Morgan fingerprint density at radius 3 is 2.11 bits per heavy atom. The SMILES string of the molecule is CCCc1ccc(-c2ccc(CCC3CCC(CCC)CC3)c(F)c2F)nn1. The van der Waals surface area contributed by atoms with E-state index in [1.54, 1.807) is 18.2 Å². The molecular formula is C24H32F2N2. The van der Waals surface area contributed by atoms with Crippen LogP contribution in [0.1, 0.15) is 76.5 Å². The third-order valence-corrected chi connectivity index (χ3v) is 6.15. The summed E-state index contributed by atoms with van der Waals surface area (Å²) in [5.74, 6) is -0.00921. The second kappa shape index (κ2) is 10.1. The van der Waals surface area contributed by atoms with Crippen LogP contribution in [-0.2, 0) is 12.8 Å². The van der Waals surface area contributed by atoms with Crippen molar-refractivity contribution >= 4 is 0 Å². The van der Waals surface area contributed by atoms with E-state index in [0.29, 0.717) is 23.6 Å². The summed E-state index contributed by atoms with van der Waals surface area (Å²) in [6.45, 7) is 4.32. The highest BCUT2D eigenvalue weighted by atomic mass is 19.2. The van der Waals surface area contributed by atoms with Gasteiger partial charge in [0.05, 0.1) is 11.4 Å². The Balaban J connectivity index is 1.62. The largest absolute Gasteiger partial charge is 0.203 e. The second-order valence-corrected chi connectivity index (χ2v) is 8.27. The molecule has 1 aliphatic rings. The van der Waals surface area contributed by atoms with Gasteiger partial charge < -0.3 is 0 Å². The maximum Gasteiger partial charge on any atom is 0.168 e. The van der Waals surface area contributed by atoms with Gasteiger partial charge in [0.25, 0.3) is 0 Å². The van der Waals surface area contributed by atoms with Crippen LogP contribution in [0.2, 0.25) is 0 Å². The molecule has 2 nitrogen and oxygen atoms in total. The molecule has 1 aliphatic carbocycles. The van der Waals surface area contributed by atoms with Crippen LogP contribution < -0.4 is 0 Å². The Morgan fingerprint density at radius 2 is 1.50 bits per heavy atom. The summed E-state index contributed by atoms with van der Waals surface area (Å²) >= 11 is 0. The number of hydrogen-bond donors (Lipinski definition) is 0. The molecule has 0 unspecified atom stereocenters. The van der Waals surface area contributed by atoms with Crippen molar-refractivity contribution < 1.29 is 8.78 Å². The smallest absolute Gasteiger partial charge is 0.168 e. The molecule has 1 fully saturated rings. The molecule has 0 radical (unpaired) electrons. The summed E-state index contributed by atoms with van der Waals surface area (Å²) in [7, 11) is 0. The molecule has 152 valence electrons. The molecule has 28 heavy (non-hydrogen) atoms. The molecule has 1 aromatic carbocycles. The number of nitrogens with zero attached hydrogens (tertiary/aromatic N) is 2. The molecule has 0 bridgehead atoms. The third-order valence-electron chi connectivity index (χ3n) is 6.15. The van der Waals surface area contributed by atoms with Gasteiger partial charge in [0, 0.05) is 5.56 Å². The quantitative estimate of drug-likeness (QED) is 0.492. The van der Waals surface area contributed by atoms with Crippen LogP contribution in [0.3, 0.4) is 0 Å². The number of rotatable bonds is 8. The van der Waals surface area contributed by atoms with Gasteiger partial charge in [0.1, 0.15) is 0 Å². The van der Waals surface area contributed by atoms with E-state index in [2.05, 4.69) is 24.0 Å². The summed E-state index contributed by atoms with van der Waals surface area (Å²) < 4.78 is 29.3. The Bertz CT molecular complexity index is 750. The van der Waals surface area contributed by atoms with Gasteiger partial charge in [-0.1, -0.05) is 64.9 Å². The first-order valence-electron chi connectivity index (χ1n) is 10.9. The number of aryl methyl sites for hydroxylation is 2. The molecule has 0 aliphatic heterocycles. The van der Waals surface area contributed by atoms with Crippen molar-refractivity contribution in [3.63, 3.8) is 0 Å². The van der Waals surface area contributed by atoms with Gasteiger partial charge in [0.2, 0.25) is 0 Å². The zero-order chi connectivity index (χ0) is 19.9. The highest BCUT2D eigenvalue weighted by Crippen LogP contribution is 2.34. The van der Waals surface area contributed by atoms with Crippen molar-refractivity contribution in [2.75, 3.05) is 0 Å². The molecule has 0 atom stereocenters. The first kappa shape index (κ1) is 20.9. The maximum atomic E-state index is 14.7. The summed E-state index contributed by atoms with van der Waals surface area (Å²) in [5, 5.41) is 8.20. The van der Waals surface area contributed by atoms with Crippen molar-refractivity contribution in [3.8, 4) is 11.3 Å². The van der Waals surface area contributed by atoms with E-state index < -0.39 is 11.6 Å². The Morgan fingerprint density at radius 1 is 0.786 bits per heavy atom. The van der Waals surface area contributed by atoms with Crippen molar-refractivity contribution in [3.05, 3.63) is 47.2 Å². The minimum Gasteiger partial charge on any atom is -0.203 e. The fraction of sp³-hybridized carbons (Fsp3) is 0.583. The van der Waals surface area contributed by atoms with Gasteiger partial charge in [-0.3, -0.25) is 0 Å². The molecule has 4 heteroatoms. The third kappa shape index (κ3) is 5.15. The van der Waals surface area contributed by atoms with Crippen LogP contribution in [0.25, 0.3) is 11.3 Å². The molecule has 0 N–H and O–H groups in total. The molecule has 3 rings (SSSR count). The monoisotopic (exact) mass is 386 g/mol. The normalized spacial score (nSPS) is 19.7. The second-order valence-electron chi connectivity index (χ2n) is 8.27. The van der Waals surface area contributed by atoms with Crippen LogP contribution in [-0.4, -0.2) is 10.2 Å². The zero-order valence-corrected chi connectivity index (χ0v) is 17.2. The van der Waals surface area contributed by atoms with Gasteiger partial charge in [0.15, 0.2) is 11.6 Å². The van der Waals surface area contributed by atoms with Crippen LogP contribution >= 0.6 is 0 Å². The lowest BCUT2D eigenvalue weighted by Gasteiger charge is -2.28. The number of aromatic nitrogens is 2. The molecule has 0 saturated heterocycles. The first-order chi connectivity index (χ1) is 13.6. The minimum absolute atomic E-state index is 0.192. The summed E-state index contributed by atoms with van der Waals surface area (Å²) in [6.07, 6.45) is 11.0. The van der Waals surface area contributed by atoms with Gasteiger partial charge in [-0.2, -0.15) is 10.2 Å². The topological polar surface area (TPSA) is 25.8 Å². The van der Waals surface area contributed by atoms with Gasteiger partial charge in [-0.25, -0.2) is 8.78 Å². The molecule has 2 aromatic rings. The first-order valence-corrected chi connectivity index (χ1v) is 10.9. The summed E-state index contributed by atoms with van der Waals surface area (Å²) in [5.41, 5.74) is 1.93. The number of hydrogen-bond acceptors (Lipinski definition) is 2. The lowest BCUT2D eigenvalue weighted by atomic mass is 9.78.